The predicted molar refractivity (Wildman–Crippen MR) is 66.1 cm³/mol. The van der Waals surface area contributed by atoms with E-state index in [1.54, 1.807) is 0 Å². The van der Waals surface area contributed by atoms with Crippen LogP contribution in [0.3, 0.4) is 0 Å². The lowest BCUT2D eigenvalue weighted by molar-refractivity contribution is 0.280. The van der Waals surface area contributed by atoms with E-state index in [1.165, 1.54) is 24.9 Å². The van der Waals surface area contributed by atoms with Gasteiger partial charge in [-0.05, 0) is 30.5 Å². The lowest BCUT2D eigenvalue weighted by Gasteiger charge is -2.23. The summed E-state index contributed by atoms with van der Waals surface area (Å²) in [4.78, 5) is 2.46. The van der Waals surface area contributed by atoms with Crippen molar-refractivity contribution in [2.45, 2.75) is 25.5 Å². The summed E-state index contributed by atoms with van der Waals surface area (Å²) in [7, 11) is 0. The van der Waals surface area contributed by atoms with Gasteiger partial charge >= 0.3 is 0 Å². The average Bonchev–Trinajstić information content (AvgIpc) is 2.78. The molecule has 0 aliphatic carbocycles. The van der Waals surface area contributed by atoms with Crippen LogP contribution < -0.4 is 0 Å². The maximum Gasteiger partial charge on any atom is 0.0681 e. The Labute approximate surface area is 97.2 Å². The molecular weight excluding hydrogens is 198 g/mol. The SMILES string of the molecule is C=CCN1CCCC1c1ccc(CO)cc1. The molecule has 1 aromatic carbocycles. The van der Waals surface area contributed by atoms with Gasteiger partial charge in [-0.3, -0.25) is 4.90 Å². The lowest BCUT2D eigenvalue weighted by Crippen LogP contribution is -2.23. The van der Waals surface area contributed by atoms with Crippen LogP contribution in [0.15, 0.2) is 36.9 Å². The minimum atomic E-state index is 0.126. The topological polar surface area (TPSA) is 23.5 Å². The molecule has 86 valence electrons. The quantitative estimate of drug-likeness (QED) is 0.783. The third-order valence-corrected chi connectivity index (χ3v) is 3.27. The fourth-order valence-electron chi connectivity index (χ4n) is 2.43. The van der Waals surface area contributed by atoms with Gasteiger partial charge in [0.25, 0.3) is 0 Å². The van der Waals surface area contributed by atoms with Crippen LogP contribution in [0.1, 0.15) is 30.0 Å². The lowest BCUT2D eigenvalue weighted by atomic mass is 10.0. The maximum atomic E-state index is 9.01. The van der Waals surface area contributed by atoms with Gasteiger partial charge in [-0.25, -0.2) is 0 Å². The molecule has 1 saturated heterocycles. The van der Waals surface area contributed by atoms with E-state index in [1.807, 2.05) is 18.2 Å². The van der Waals surface area contributed by atoms with Crippen molar-refractivity contribution in [2.24, 2.45) is 0 Å². The van der Waals surface area contributed by atoms with Crippen molar-refractivity contribution in [1.82, 2.24) is 4.90 Å². The first-order chi connectivity index (χ1) is 7.85. The van der Waals surface area contributed by atoms with Crippen molar-refractivity contribution in [3.63, 3.8) is 0 Å². The molecule has 0 amide bonds. The molecule has 0 spiro atoms. The zero-order valence-electron chi connectivity index (χ0n) is 9.60. The van der Waals surface area contributed by atoms with Gasteiger partial charge in [-0.1, -0.05) is 30.3 Å². The summed E-state index contributed by atoms with van der Waals surface area (Å²) in [5.41, 5.74) is 2.34. The predicted octanol–water partition coefficient (Wildman–Crippen LogP) is 2.50. The van der Waals surface area contributed by atoms with Gasteiger partial charge in [0.15, 0.2) is 0 Å². The van der Waals surface area contributed by atoms with Gasteiger partial charge in [-0.2, -0.15) is 0 Å². The van der Waals surface area contributed by atoms with E-state index >= 15 is 0 Å². The highest BCUT2D eigenvalue weighted by atomic mass is 16.3. The van der Waals surface area contributed by atoms with E-state index in [-0.39, 0.29) is 6.61 Å². The first-order valence-electron chi connectivity index (χ1n) is 5.90. The fraction of sp³-hybridized carbons (Fsp3) is 0.429. The summed E-state index contributed by atoms with van der Waals surface area (Å²) < 4.78 is 0. The molecule has 1 unspecified atom stereocenters. The van der Waals surface area contributed by atoms with E-state index in [2.05, 4.69) is 23.6 Å². The Hall–Kier alpha value is -1.12. The van der Waals surface area contributed by atoms with E-state index in [0.29, 0.717) is 6.04 Å². The minimum Gasteiger partial charge on any atom is -0.392 e. The van der Waals surface area contributed by atoms with Gasteiger partial charge in [0.05, 0.1) is 6.61 Å². The van der Waals surface area contributed by atoms with Gasteiger partial charge in [-0.15, -0.1) is 6.58 Å². The monoisotopic (exact) mass is 217 g/mol. The second kappa shape index (κ2) is 5.28. The Morgan fingerprint density at radius 3 is 2.75 bits per heavy atom. The Bertz CT molecular complexity index is 344. The summed E-state index contributed by atoms with van der Waals surface area (Å²) in [5, 5.41) is 9.01. The average molecular weight is 217 g/mol. The summed E-state index contributed by atoms with van der Waals surface area (Å²) in [5.74, 6) is 0. The number of benzene rings is 1. The normalized spacial score (nSPS) is 21.2. The molecule has 2 nitrogen and oxygen atoms in total. The third-order valence-electron chi connectivity index (χ3n) is 3.27. The summed E-state index contributed by atoms with van der Waals surface area (Å²) in [6.45, 7) is 6.06. The number of aliphatic hydroxyl groups excluding tert-OH is 1. The van der Waals surface area contributed by atoms with Crippen LogP contribution in [0.25, 0.3) is 0 Å². The standard InChI is InChI=1S/C14H19NO/c1-2-9-15-10-3-4-14(15)13-7-5-12(11-16)6-8-13/h2,5-8,14,16H,1,3-4,9-11H2. The van der Waals surface area contributed by atoms with Gasteiger partial charge < -0.3 is 5.11 Å². The summed E-state index contributed by atoms with van der Waals surface area (Å²) in [6.07, 6.45) is 4.47. The van der Waals surface area contributed by atoms with Crippen molar-refractivity contribution in [1.29, 1.82) is 0 Å². The van der Waals surface area contributed by atoms with Crippen LogP contribution in [0.2, 0.25) is 0 Å². The number of hydrogen-bond donors (Lipinski definition) is 1. The summed E-state index contributed by atoms with van der Waals surface area (Å²) in [6, 6.07) is 8.83. The molecule has 0 aromatic heterocycles. The van der Waals surface area contributed by atoms with Crippen LogP contribution in [0, 0.1) is 0 Å². The van der Waals surface area contributed by atoms with Crippen LogP contribution in [-0.4, -0.2) is 23.1 Å². The highest BCUT2D eigenvalue weighted by Crippen LogP contribution is 2.31. The van der Waals surface area contributed by atoms with Crippen LogP contribution >= 0.6 is 0 Å². The van der Waals surface area contributed by atoms with E-state index in [0.717, 1.165) is 12.1 Å². The van der Waals surface area contributed by atoms with Crippen molar-refractivity contribution < 1.29 is 5.11 Å². The largest absolute Gasteiger partial charge is 0.392 e. The molecule has 1 aromatic rings. The molecule has 16 heavy (non-hydrogen) atoms. The second-order valence-corrected chi connectivity index (χ2v) is 4.34. The smallest absolute Gasteiger partial charge is 0.0681 e. The van der Waals surface area contributed by atoms with Crippen LogP contribution in [0.4, 0.5) is 0 Å². The molecule has 1 heterocycles. The highest BCUT2D eigenvalue weighted by Gasteiger charge is 2.24. The van der Waals surface area contributed by atoms with E-state index < -0.39 is 0 Å². The third kappa shape index (κ3) is 2.34. The molecule has 2 heteroatoms. The molecule has 0 saturated carbocycles. The summed E-state index contributed by atoms with van der Waals surface area (Å²) >= 11 is 0. The van der Waals surface area contributed by atoms with E-state index in [4.69, 9.17) is 5.11 Å². The van der Waals surface area contributed by atoms with E-state index in [9.17, 15) is 0 Å². The number of aliphatic hydroxyl groups is 1. The van der Waals surface area contributed by atoms with Gasteiger partial charge in [0.1, 0.15) is 0 Å². The Kier molecular flexibility index (Phi) is 3.75. The molecule has 1 aliphatic rings. The minimum absolute atomic E-state index is 0.126. The zero-order valence-corrected chi connectivity index (χ0v) is 9.60. The van der Waals surface area contributed by atoms with Crippen molar-refractivity contribution in [3.8, 4) is 0 Å². The molecule has 2 rings (SSSR count). The second-order valence-electron chi connectivity index (χ2n) is 4.34. The molecule has 0 bridgehead atoms. The number of nitrogens with zero attached hydrogens (tertiary/aromatic N) is 1. The Morgan fingerprint density at radius 2 is 2.12 bits per heavy atom. The molecular formula is C14H19NO. The zero-order chi connectivity index (χ0) is 11.4. The first kappa shape index (κ1) is 11.4. The Morgan fingerprint density at radius 1 is 1.38 bits per heavy atom. The van der Waals surface area contributed by atoms with Crippen molar-refractivity contribution >= 4 is 0 Å². The molecule has 1 atom stereocenters. The molecule has 1 fully saturated rings. The van der Waals surface area contributed by atoms with Crippen LogP contribution in [-0.2, 0) is 6.61 Å². The van der Waals surface area contributed by atoms with Gasteiger partial charge in [0.2, 0.25) is 0 Å². The molecule has 1 N–H and O–H groups in total. The fourth-order valence-corrected chi connectivity index (χ4v) is 2.43. The number of hydrogen-bond acceptors (Lipinski definition) is 2. The number of rotatable bonds is 4. The van der Waals surface area contributed by atoms with Crippen molar-refractivity contribution in [2.75, 3.05) is 13.1 Å². The highest BCUT2D eigenvalue weighted by molar-refractivity contribution is 5.25. The number of likely N-dealkylation sites (tertiary alicyclic amines) is 1. The van der Waals surface area contributed by atoms with Gasteiger partial charge in [0, 0.05) is 12.6 Å². The molecule has 0 radical (unpaired) electrons. The maximum absolute atomic E-state index is 9.01. The Balaban J connectivity index is 2.12. The first-order valence-corrected chi connectivity index (χ1v) is 5.90. The van der Waals surface area contributed by atoms with Crippen LogP contribution in [0.5, 0.6) is 0 Å². The molecule has 1 aliphatic heterocycles. The van der Waals surface area contributed by atoms with Crippen molar-refractivity contribution in [3.05, 3.63) is 48.0 Å².